The molecule has 2 N–H and O–H groups in total. The van der Waals surface area contributed by atoms with Crippen molar-refractivity contribution in [2.75, 3.05) is 40.3 Å². The Hall–Kier alpha value is -0.170. The van der Waals surface area contributed by atoms with Crippen molar-refractivity contribution in [3.05, 3.63) is 0 Å². The van der Waals surface area contributed by atoms with Crippen LogP contribution in [0.15, 0.2) is 0 Å². The maximum Gasteiger partial charge on any atom is 0.216 e. The second kappa shape index (κ2) is 6.13. The minimum Gasteiger partial charge on any atom is -0.330 e. The fourth-order valence-electron chi connectivity index (χ4n) is 2.15. The highest BCUT2D eigenvalue weighted by Gasteiger charge is 2.32. The molecule has 17 heavy (non-hydrogen) atoms. The van der Waals surface area contributed by atoms with E-state index in [-0.39, 0.29) is 11.2 Å². The number of likely N-dealkylation sites (tertiary alicyclic amines) is 1. The Morgan fingerprint density at radius 1 is 1.41 bits per heavy atom. The normalized spacial score (nSPS) is 21.9. The number of rotatable bonds is 5. The van der Waals surface area contributed by atoms with Gasteiger partial charge >= 0.3 is 0 Å². The summed E-state index contributed by atoms with van der Waals surface area (Å²) in [4.78, 5) is 2.18. The van der Waals surface area contributed by atoms with Gasteiger partial charge in [0.05, 0.1) is 5.25 Å². The van der Waals surface area contributed by atoms with Gasteiger partial charge in [0.25, 0.3) is 0 Å². The molecule has 0 bridgehead atoms. The van der Waals surface area contributed by atoms with Gasteiger partial charge in [0.15, 0.2) is 0 Å². The molecule has 0 aromatic carbocycles. The molecule has 1 heterocycles. The van der Waals surface area contributed by atoms with Gasteiger partial charge in [-0.1, -0.05) is 6.92 Å². The average Bonchev–Trinajstić information content (AvgIpc) is 2.29. The molecule has 0 radical (unpaired) electrons. The van der Waals surface area contributed by atoms with Crippen molar-refractivity contribution in [3.8, 4) is 0 Å². The van der Waals surface area contributed by atoms with Crippen molar-refractivity contribution in [2.24, 2.45) is 11.7 Å². The standard InChI is InChI=1S/C11H25N3O2S/c1-10(8-12)9-14(3)17(15,16)11-4-6-13(2)7-5-11/h10-11H,4-9,12H2,1-3H3. The van der Waals surface area contributed by atoms with Crippen molar-refractivity contribution in [1.82, 2.24) is 9.21 Å². The third-order valence-corrected chi connectivity index (χ3v) is 5.82. The van der Waals surface area contributed by atoms with E-state index < -0.39 is 10.0 Å². The lowest BCUT2D eigenvalue weighted by Crippen LogP contribution is -2.44. The fourth-order valence-corrected chi connectivity index (χ4v) is 3.93. The Morgan fingerprint density at radius 2 is 1.94 bits per heavy atom. The smallest absolute Gasteiger partial charge is 0.216 e. The molecule has 102 valence electrons. The van der Waals surface area contributed by atoms with Crippen molar-refractivity contribution in [1.29, 1.82) is 0 Å². The summed E-state index contributed by atoms with van der Waals surface area (Å²) in [5.41, 5.74) is 5.53. The Labute approximate surface area is 105 Å². The highest BCUT2D eigenvalue weighted by molar-refractivity contribution is 7.89. The Bertz CT molecular complexity index is 324. The summed E-state index contributed by atoms with van der Waals surface area (Å²) in [7, 11) is 0.558. The highest BCUT2D eigenvalue weighted by Crippen LogP contribution is 2.20. The van der Waals surface area contributed by atoms with E-state index in [0.717, 1.165) is 25.9 Å². The zero-order valence-electron chi connectivity index (χ0n) is 11.1. The summed E-state index contributed by atoms with van der Waals surface area (Å²) < 4.78 is 26.1. The molecule has 0 spiro atoms. The first kappa shape index (κ1) is 14.9. The molecule has 1 aliphatic rings. The van der Waals surface area contributed by atoms with Gasteiger partial charge in [0.2, 0.25) is 10.0 Å². The second-order valence-electron chi connectivity index (χ2n) is 5.17. The lowest BCUT2D eigenvalue weighted by molar-refractivity contribution is 0.272. The highest BCUT2D eigenvalue weighted by atomic mass is 32.2. The summed E-state index contributed by atoms with van der Waals surface area (Å²) in [6.07, 6.45) is 1.47. The lowest BCUT2D eigenvalue weighted by atomic mass is 10.1. The molecule has 1 aliphatic heterocycles. The van der Waals surface area contributed by atoms with E-state index >= 15 is 0 Å². The van der Waals surface area contributed by atoms with Crippen LogP contribution >= 0.6 is 0 Å². The Kier molecular flexibility index (Phi) is 5.37. The molecule has 1 rings (SSSR count). The van der Waals surface area contributed by atoms with Crippen LogP contribution in [-0.4, -0.2) is 63.1 Å². The number of sulfonamides is 1. The Morgan fingerprint density at radius 3 is 2.41 bits per heavy atom. The van der Waals surface area contributed by atoms with Crippen molar-refractivity contribution >= 4 is 10.0 Å². The minimum absolute atomic E-state index is 0.209. The Balaban J connectivity index is 2.61. The molecular weight excluding hydrogens is 238 g/mol. The van der Waals surface area contributed by atoms with Crippen molar-refractivity contribution in [3.63, 3.8) is 0 Å². The molecular formula is C11H25N3O2S. The molecule has 1 atom stereocenters. The SMILES string of the molecule is CC(CN)CN(C)S(=O)(=O)C1CCN(C)CC1. The number of nitrogens with zero attached hydrogens (tertiary/aromatic N) is 2. The second-order valence-corrected chi connectivity index (χ2v) is 7.49. The molecule has 0 amide bonds. The number of piperidine rings is 1. The summed E-state index contributed by atoms with van der Waals surface area (Å²) in [5, 5.41) is -0.214. The lowest BCUT2D eigenvalue weighted by Gasteiger charge is -2.32. The van der Waals surface area contributed by atoms with Gasteiger partial charge in [-0.05, 0) is 45.4 Å². The largest absolute Gasteiger partial charge is 0.330 e. The molecule has 0 aliphatic carbocycles. The first-order valence-corrected chi connectivity index (χ1v) is 7.72. The molecule has 6 heteroatoms. The van der Waals surface area contributed by atoms with Crippen LogP contribution in [-0.2, 0) is 10.0 Å². The summed E-state index contributed by atoms with van der Waals surface area (Å²) in [6, 6.07) is 0. The number of hydrogen-bond donors (Lipinski definition) is 1. The summed E-state index contributed by atoms with van der Waals surface area (Å²) >= 11 is 0. The van der Waals surface area contributed by atoms with E-state index in [9.17, 15) is 8.42 Å². The monoisotopic (exact) mass is 263 g/mol. The van der Waals surface area contributed by atoms with Gasteiger partial charge in [0.1, 0.15) is 0 Å². The maximum atomic E-state index is 12.3. The van der Waals surface area contributed by atoms with Gasteiger partial charge < -0.3 is 10.6 Å². The van der Waals surface area contributed by atoms with Crippen molar-refractivity contribution in [2.45, 2.75) is 25.0 Å². The van der Waals surface area contributed by atoms with Crippen LogP contribution in [0.25, 0.3) is 0 Å². The van der Waals surface area contributed by atoms with Gasteiger partial charge in [-0.25, -0.2) is 12.7 Å². The molecule has 0 aromatic heterocycles. The van der Waals surface area contributed by atoms with E-state index in [1.807, 2.05) is 14.0 Å². The van der Waals surface area contributed by atoms with Crippen LogP contribution in [0.1, 0.15) is 19.8 Å². The minimum atomic E-state index is -3.14. The van der Waals surface area contributed by atoms with Crippen molar-refractivity contribution < 1.29 is 8.42 Å². The van der Waals surface area contributed by atoms with Gasteiger partial charge in [-0.15, -0.1) is 0 Å². The van der Waals surface area contributed by atoms with E-state index in [4.69, 9.17) is 5.73 Å². The van der Waals surface area contributed by atoms with Crippen LogP contribution < -0.4 is 5.73 Å². The first-order valence-electron chi connectivity index (χ1n) is 6.21. The quantitative estimate of drug-likeness (QED) is 0.754. The van der Waals surface area contributed by atoms with Crippen LogP contribution in [0.2, 0.25) is 0 Å². The van der Waals surface area contributed by atoms with Gasteiger partial charge in [-0.2, -0.15) is 0 Å². The predicted octanol–water partition coefficient (Wildman–Crippen LogP) is -0.0630. The van der Waals surface area contributed by atoms with Gasteiger partial charge in [0, 0.05) is 13.6 Å². The van der Waals surface area contributed by atoms with Crippen LogP contribution in [0.5, 0.6) is 0 Å². The number of nitrogens with two attached hydrogens (primary N) is 1. The topological polar surface area (TPSA) is 66.6 Å². The van der Waals surface area contributed by atoms with E-state index in [1.54, 1.807) is 7.05 Å². The van der Waals surface area contributed by atoms with Gasteiger partial charge in [-0.3, -0.25) is 0 Å². The number of hydrogen-bond acceptors (Lipinski definition) is 4. The van der Waals surface area contributed by atoms with E-state index in [0.29, 0.717) is 13.1 Å². The maximum absolute atomic E-state index is 12.3. The van der Waals surface area contributed by atoms with E-state index in [1.165, 1.54) is 4.31 Å². The molecule has 0 aromatic rings. The van der Waals surface area contributed by atoms with Crippen LogP contribution in [0.4, 0.5) is 0 Å². The zero-order valence-corrected chi connectivity index (χ0v) is 11.9. The summed E-state index contributed by atoms with van der Waals surface area (Å²) in [6.45, 7) is 4.74. The third-order valence-electron chi connectivity index (χ3n) is 3.49. The van der Waals surface area contributed by atoms with E-state index in [2.05, 4.69) is 4.90 Å². The summed E-state index contributed by atoms with van der Waals surface area (Å²) in [5.74, 6) is 0.209. The molecule has 0 saturated carbocycles. The predicted molar refractivity (Wildman–Crippen MR) is 70.3 cm³/mol. The zero-order chi connectivity index (χ0) is 13.1. The van der Waals surface area contributed by atoms with Crippen LogP contribution in [0, 0.1) is 5.92 Å². The van der Waals surface area contributed by atoms with Crippen LogP contribution in [0.3, 0.4) is 0 Å². The molecule has 1 fully saturated rings. The third kappa shape index (κ3) is 3.91. The molecule has 1 saturated heterocycles. The molecule has 1 unspecified atom stereocenters. The first-order chi connectivity index (χ1) is 7.87. The molecule has 5 nitrogen and oxygen atoms in total. The average molecular weight is 263 g/mol. The fraction of sp³-hybridized carbons (Fsp3) is 1.00.